The second-order valence-corrected chi connectivity index (χ2v) is 9.78. The summed E-state index contributed by atoms with van der Waals surface area (Å²) in [6.45, 7) is 5.83. The van der Waals surface area contributed by atoms with Crippen LogP contribution < -0.4 is 10.0 Å². The first-order valence-electron chi connectivity index (χ1n) is 10.5. The molecule has 0 unspecified atom stereocenters. The summed E-state index contributed by atoms with van der Waals surface area (Å²) in [5, 5.41) is 2.90. The van der Waals surface area contributed by atoms with Crippen LogP contribution in [0.15, 0.2) is 53.4 Å². The van der Waals surface area contributed by atoms with Gasteiger partial charge in [-0.25, -0.2) is 8.42 Å². The molecule has 0 radical (unpaired) electrons. The number of likely N-dealkylation sites (tertiary alicyclic amines) is 1. The number of terminal acetylenes is 1. The Morgan fingerprint density at radius 2 is 1.81 bits per heavy atom. The molecule has 2 N–H and O–H groups in total. The molecule has 7 heteroatoms. The van der Waals surface area contributed by atoms with E-state index in [1.807, 2.05) is 12.1 Å². The first kappa shape index (κ1) is 23.0. The fourth-order valence-electron chi connectivity index (χ4n) is 3.61. The maximum Gasteiger partial charge on any atom is 0.251 e. The van der Waals surface area contributed by atoms with Crippen molar-refractivity contribution in [2.24, 2.45) is 5.92 Å². The van der Waals surface area contributed by atoms with Gasteiger partial charge in [0.15, 0.2) is 0 Å². The molecule has 1 saturated heterocycles. The van der Waals surface area contributed by atoms with Crippen molar-refractivity contribution in [3.63, 3.8) is 0 Å². The number of amides is 1. The van der Waals surface area contributed by atoms with E-state index >= 15 is 0 Å². The summed E-state index contributed by atoms with van der Waals surface area (Å²) in [5.41, 5.74) is 2.68. The third-order valence-electron chi connectivity index (χ3n) is 5.52. The largest absolute Gasteiger partial charge is 0.348 e. The van der Waals surface area contributed by atoms with Gasteiger partial charge in [-0.3, -0.25) is 9.69 Å². The molecule has 0 aromatic heterocycles. The predicted molar refractivity (Wildman–Crippen MR) is 122 cm³/mol. The molecule has 3 rings (SSSR count). The maximum atomic E-state index is 12.5. The van der Waals surface area contributed by atoms with Crippen LogP contribution in [0.25, 0.3) is 0 Å². The van der Waals surface area contributed by atoms with Gasteiger partial charge in [-0.15, -0.1) is 6.42 Å². The lowest BCUT2D eigenvalue weighted by molar-refractivity contribution is 0.0950. The molecule has 1 amide bonds. The minimum atomic E-state index is -3.67. The lowest BCUT2D eigenvalue weighted by Crippen LogP contribution is -2.32. The first-order chi connectivity index (χ1) is 14.9. The Morgan fingerprint density at radius 1 is 1.13 bits per heavy atom. The molecule has 164 valence electrons. The lowest BCUT2D eigenvalue weighted by Gasteiger charge is -2.30. The summed E-state index contributed by atoms with van der Waals surface area (Å²) in [6.07, 6.45) is 7.58. The quantitative estimate of drug-likeness (QED) is 0.620. The Labute approximate surface area is 185 Å². The van der Waals surface area contributed by atoms with Gasteiger partial charge < -0.3 is 5.32 Å². The van der Waals surface area contributed by atoms with Crippen molar-refractivity contribution in [1.29, 1.82) is 0 Å². The number of carbonyl (C=O) groups is 1. The van der Waals surface area contributed by atoms with Crippen molar-refractivity contribution in [2.75, 3.05) is 19.6 Å². The van der Waals surface area contributed by atoms with Crippen LogP contribution in [0.4, 0.5) is 0 Å². The Hall–Kier alpha value is -2.66. The number of nitrogens with one attached hydrogen (secondary N) is 2. The molecule has 1 aliphatic rings. The van der Waals surface area contributed by atoms with Crippen molar-refractivity contribution in [3.8, 4) is 12.3 Å². The number of hydrogen-bond acceptors (Lipinski definition) is 4. The van der Waals surface area contributed by atoms with Gasteiger partial charge in [-0.2, -0.15) is 4.72 Å². The van der Waals surface area contributed by atoms with Crippen LogP contribution in [0.1, 0.15) is 41.3 Å². The van der Waals surface area contributed by atoms with Gasteiger partial charge in [-0.1, -0.05) is 37.1 Å². The zero-order valence-corrected chi connectivity index (χ0v) is 18.6. The smallest absolute Gasteiger partial charge is 0.251 e. The van der Waals surface area contributed by atoms with Crippen molar-refractivity contribution in [1.82, 2.24) is 14.9 Å². The summed E-state index contributed by atoms with van der Waals surface area (Å²) in [7, 11) is -3.67. The molecule has 6 nitrogen and oxygen atoms in total. The van der Waals surface area contributed by atoms with Crippen molar-refractivity contribution >= 4 is 15.9 Å². The van der Waals surface area contributed by atoms with E-state index in [4.69, 9.17) is 6.42 Å². The number of carbonyl (C=O) groups excluding carboxylic acids is 1. The van der Waals surface area contributed by atoms with Crippen molar-refractivity contribution in [2.45, 2.75) is 37.8 Å². The average molecular weight is 440 g/mol. The van der Waals surface area contributed by atoms with Gasteiger partial charge in [0, 0.05) is 18.7 Å². The highest BCUT2D eigenvalue weighted by atomic mass is 32.2. The molecule has 0 spiro atoms. The Morgan fingerprint density at radius 3 is 2.48 bits per heavy atom. The highest BCUT2D eigenvalue weighted by Gasteiger charge is 2.16. The minimum absolute atomic E-state index is 0.0686. The zero-order chi connectivity index (χ0) is 22.3. The number of piperidine rings is 1. The molecule has 0 atom stereocenters. The summed E-state index contributed by atoms with van der Waals surface area (Å²) in [4.78, 5) is 15.0. The van der Waals surface area contributed by atoms with Crippen LogP contribution in [0.2, 0.25) is 0 Å². The molecule has 2 aromatic rings. The molecule has 2 aromatic carbocycles. The lowest BCUT2D eigenvalue weighted by atomic mass is 9.98. The monoisotopic (exact) mass is 439 g/mol. The molecule has 31 heavy (non-hydrogen) atoms. The van der Waals surface area contributed by atoms with Crippen LogP contribution in [0.5, 0.6) is 0 Å². The highest BCUT2D eigenvalue weighted by Crippen LogP contribution is 2.18. The van der Waals surface area contributed by atoms with Crippen LogP contribution in [0, 0.1) is 18.3 Å². The molecule has 0 aliphatic carbocycles. The molecule has 1 heterocycles. The van der Waals surface area contributed by atoms with E-state index in [9.17, 15) is 13.2 Å². The Balaban J connectivity index is 1.55. The van der Waals surface area contributed by atoms with E-state index in [0.29, 0.717) is 12.1 Å². The fourth-order valence-corrected chi connectivity index (χ4v) is 4.54. The highest BCUT2D eigenvalue weighted by molar-refractivity contribution is 7.89. The molecule has 1 aliphatic heterocycles. The number of nitrogens with zero attached hydrogens (tertiary/aromatic N) is 1. The number of sulfonamides is 1. The van der Waals surface area contributed by atoms with Crippen LogP contribution in [-0.2, 0) is 23.1 Å². The Kier molecular flexibility index (Phi) is 7.85. The molecule has 0 bridgehead atoms. The van der Waals surface area contributed by atoms with Crippen molar-refractivity contribution in [3.05, 3.63) is 65.2 Å². The maximum absolute atomic E-state index is 12.5. The Bertz CT molecular complexity index is 1030. The third kappa shape index (κ3) is 6.66. The molecule has 0 saturated carbocycles. The van der Waals surface area contributed by atoms with Gasteiger partial charge in [0.2, 0.25) is 10.0 Å². The molecule has 1 fully saturated rings. The number of benzene rings is 2. The van der Waals surface area contributed by atoms with E-state index in [-0.39, 0.29) is 17.3 Å². The standard InChI is InChI=1S/C24H29N3O3S/c1-3-13-26-31(29,30)23-9-7-22(8-10-23)24(28)25-17-20-5-4-6-21(16-20)18-27-14-11-19(2)12-15-27/h1,4-10,16,19,26H,11-15,17-18H2,2H3,(H,25,28). The van der Waals surface area contributed by atoms with E-state index in [2.05, 4.69) is 39.9 Å². The van der Waals surface area contributed by atoms with E-state index in [1.165, 1.54) is 42.7 Å². The van der Waals surface area contributed by atoms with E-state index in [1.54, 1.807) is 0 Å². The summed E-state index contributed by atoms with van der Waals surface area (Å²) in [5.74, 6) is 2.78. The van der Waals surface area contributed by atoms with Crippen LogP contribution in [-0.4, -0.2) is 38.9 Å². The SMILES string of the molecule is C#CCNS(=O)(=O)c1ccc(C(=O)NCc2cccc(CN3CCC(C)CC3)c2)cc1. The van der Waals surface area contributed by atoms with Gasteiger partial charge in [0.1, 0.15) is 0 Å². The zero-order valence-electron chi connectivity index (χ0n) is 17.8. The predicted octanol–water partition coefficient (Wildman–Crippen LogP) is 2.76. The van der Waals surface area contributed by atoms with Gasteiger partial charge in [0.05, 0.1) is 11.4 Å². The fraction of sp³-hybridized carbons (Fsp3) is 0.375. The second kappa shape index (κ2) is 10.6. The average Bonchev–Trinajstić information content (AvgIpc) is 2.78. The molecular formula is C24H29N3O3S. The van der Waals surface area contributed by atoms with Gasteiger partial charge in [0.25, 0.3) is 5.91 Å². The summed E-state index contributed by atoms with van der Waals surface area (Å²) in [6, 6.07) is 14.0. The first-order valence-corrected chi connectivity index (χ1v) is 12.0. The second-order valence-electron chi connectivity index (χ2n) is 8.01. The van der Waals surface area contributed by atoms with Crippen LogP contribution >= 0.6 is 0 Å². The van der Waals surface area contributed by atoms with E-state index in [0.717, 1.165) is 31.1 Å². The number of rotatable bonds is 8. The van der Waals surface area contributed by atoms with E-state index < -0.39 is 10.0 Å². The normalized spacial score (nSPS) is 15.4. The minimum Gasteiger partial charge on any atom is -0.348 e. The van der Waals surface area contributed by atoms with Crippen LogP contribution in [0.3, 0.4) is 0 Å². The summed E-state index contributed by atoms with van der Waals surface area (Å²) >= 11 is 0. The summed E-state index contributed by atoms with van der Waals surface area (Å²) < 4.78 is 26.4. The third-order valence-corrected chi connectivity index (χ3v) is 6.94. The van der Waals surface area contributed by atoms with Gasteiger partial charge in [-0.05, 0) is 67.2 Å². The topological polar surface area (TPSA) is 78.5 Å². The van der Waals surface area contributed by atoms with Crippen molar-refractivity contribution < 1.29 is 13.2 Å². The van der Waals surface area contributed by atoms with Gasteiger partial charge >= 0.3 is 0 Å². The number of hydrogen-bond donors (Lipinski definition) is 2. The molecular weight excluding hydrogens is 410 g/mol.